The van der Waals surface area contributed by atoms with Crippen molar-refractivity contribution in [3.8, 4) is 0 Å². The van der Waals surface area contributed by atoms with Crippen molar-refractivity contribution in [2.75, 3.05) is 6.61 Å². The zero-order valence-corrected chi connectivity index (χ0v) is 18.9. The normalized spacial score (nSPS) is 44.8. The molecule has 4 aliphatic rings. The van der Waals surface area contributed by atoms with E-state index in [1.54, 1.807) is 0 Å². The second-order valence-corrected chi connectivity index (χ2v) is 11.1. The average Bonchev–Trinajstić information content (AvgIpc) is 3.01. The van der Waals surface area contributed by atoms with Crippen LogP contribution in [-0.2, 0) is 19.1 Å². The third-order valence-electron chi connectivity index (χ3n) is 9.87. The van der Waals surface area contributed by atoms with Gasteiger partial charge in [0.15, 0.2) is 0 Å². The fourth-order valence-corrected chi connectivity index (χ4v) is 8.59. The minimum Gasteiger partial charge on any atom is -0.462 e. The number of hydrogen-bond acceptors (Lipinski definition) is 4. The molecule has 0 spiro atoms. The second-order valence-electron chi connectivity index (χ2n) is 11.1. The number of ether oxygens (including phenoxy) is 2. The van der Waals surface area contributed by atoms with Gasteiger partial charge in [0.2, 0.25) is 0 Å². The van der Waals surface area contributed by atoms with Crippen LogP contribution in [0.15, 0.2) is 0 Å². The topological polar surface area (TPSA) is 52.6 Å². The minimum atomic E-state index is -0.301. The largest absolute Gasteiger partial charge is 0.462 e. The SMILES string of the molecule is CC(=O)OC[C@H](OC(C)=O)C1CCC2C3CC[C@H]4CCCC[C@]4(C)C3CC[C@@]21C. The van der Waals surface area contributed by atoms with Crippen molar-refractivity contribution >= 4 is 11.9 Å². The number of rotatable bonds is 4. The molecule has 0 radical (unpaired) electrons. The van der Waals surface area contributed by atoms with Crippen molar-refractivity contribution in [3.63, 3.8) is 0 Å². The molecule has 0 aliphatic heterocycles. The summed E-state index contributed by atoms with van der Waals surface area (Å²) in [5, 5.41) is 0. The first-order valence-electron chi connectivity index (χ1n) is 12.1. The van der Waals surface area contributed by atoms with Gasteiger partial charge in [0.05, 0.1) is 0 Å². The minimum absolute atomic E-state index is 0.194. The highest BCUT2D eigenvalue weighted by atomic mass is 16.6. The maximum atomic E-state index is 11.8. The Bertz CT molecular complexity index is 645. The van der Waals surface area contributed by atoms with Crippen molar-refractivity contribution in [1.29, 1.82) is 0 Å². The zero-order chi connectivity index (χ0) is 20.8. The Kier molecular flexibility index (Phi) is 5.76. The van der Waals surface area contributed by atoms with E-state index < -0.39 is 0 Å². The molecule has 4 unspecified atom stereocenters. The molecule has 4 saturated carbocycles. The second kappa shape index (κ2) is 7.89. The van der Waals surface area contributed by atoms with Crippen molar-refractivity contribution in [3.05, 3.63) is 0 Å². The highest BCUT2D eigenvalue weighted by Crippen LogP contribution is 2.67. The lowest BCUT2D eigenvalue weighted by Gasteiger charge is -2.60. The monoisotopic (exact) mass is 404 g/mol. The Balaban J connectivity index is 1.55. The van der Waals surface area contributed by atoms with Crippen molar-refractivity contribution in [2.45, 2.75) is 98.0 Å². The molecule has 8 atom stereocenters. The molecule has 4 fully saturated rings. The predicted molar refractivity (Wildman–Crippen MR) is 112 cm³/mol. The van der Waals surface area contributed by atoms with Gasteiger partial charge in [-0.05, 0) is 85.9 Å². The lowest BCUT2D eigenvalue weighted by molar-refractivity contribution is -0.167. The van der Waals surface area contributed by atoms with Crippen LogP contribution in [-0.4, -0.2) is 24.6 Å². The summed E-state index contributed by atoms with van der Waals surface area (Å²) in [6.45, 7) is 8.17. The number of carbonyl (C=O) groups is 2. The van der Waals surface area contributed by atoms with Crippen LogP contribution < -0.4 is 0 Å². The van der Waals surface area contributed by atoms with Crippen LogP contribution in [0, 0.1) is 40.4 Å². The smallest absolute Gasteiger partial charge is 0.303 e. The van der Waals surface area contributed by atoms with Gasteiger partial charge in [0.1, 0.15) is 12.7 Å². The Labute approximate surface area is 176 Å². The molecule has 4 aliphatic carbocycles. The summed E-state index contributed by atoms with van der Waals surface area (Å²) in [4.78, 5) is 23.2. The van der Waals surface area contributed by atoms with E-state index in [0.29, 0.717) is 11.3 Å². The van der Waals surface area contributed by atoms with Crippen LogP contribution in [0.5, 0.6) is 0 Å². The van der Waals surface area contributed by atoms with E-state index in [0.717, 1.165) is 30.1 Å². The fraction of sp³-hybridized carbons (Fsp3) is 0.920. The summed E-state index contributed by atoms with van der Waals surface area (Å²) in [6.07, 6.45) is 13.1. The average molecular weight is 405 g/mol. The van der Waals surface area contributed by atoms with Crippen molar-refractivity contribution < 1.29 is 19.1 Å². The number of hydrogen-bond donors (Lipinski definition) is 0. The first kappa shape index (κ1) is 21.2. The Morgan fingerprint density at radius 2 is 1.62 bits per heavy atom. The number of fused-ring (bicyclic) bond motifs is 5. The maximum Gasteiger partial charge on any atom is 0.303 e. The van der Waals surface area contributed by atoms with Crippen LogP contribution in [0.2, 0.25) is 0 Å². The summed E-state index contributed by atoms with van der Waals surface area (Å²) in [6, 6.07) is 0. The quantitative estimate of drug-likeness (QED) is 0.578. The van der Waals surface area contributed by atoms with Gasteiger partial charge in [-0.1, -0.05) is 26.7 Å². The Morgan fingerprint density at radius 3 is 2.34 bits per heavy atom. The summed E-state index contributed by atoms with van der Waals surface area (Å²) >= 11 is 0. The predicted octanol–water partition coefficient (Wildman–Crippen LogP) is 5.53. The van der Waals surface area contributed by atoms with Crippen LogP contribution in [0.3, 0.4) is 0 Å². The summed E-state index contributed by atoms with van der Waals surface area (Å²) in [7, 11) is 0. The van der Waals surface area contributed by atoms with E-state index >= 15 is 0 Å². The van der Waals surface area contributed by atoms with Crippen LogP contribution in [0.1, 0.15) is 91.9 Å². The standard InChI is InChI=1S/C25H40O4/c1-16(26)28-15-23(29-17(2)27)22-11-10-20-19-9-8-18-7-5-6-13-24(18,3)21(19)12-14-25(20,22)4/h18-23H,5-15H2,1-4H3/t18-,19?,20?,21?,22?,23+,24+,25+/m1/s1. The summed E-state index contributed by atoms with van der Waals surface area (Å²) in [5.41, 5.74) is 0.743. The molecule has 0 aromatic rings. The lowest BCUT2D eigenvalue weighted by Crippen LogP contribution is -2.53. The van der Waals surface area contributed by atoms with E-state index in [1.807, 2.05) is 0 Å². The molecule has 0 aromatic carbocycles. The van der Waals surface area contributed by atoms with Crippen LogP contribution in [0.4, 0.5) is 0 Å². The van der Waals surface area contributed by atoms with Crippen molar-refractivity contribution in [2.24, 2.45) is 40.4 Å². The fourth-order valence-electron chi connectivity index (χ4n) is 8.59. The highest BCUT2D eigenvalue weighted by Gasteiger charge is 2.61. The maximum absolute atomic E-state index is 11.8. The van der Waals surface area contributed by atoms with Crippen molar-refractivity contribution in [1.82, 2.24) is 0 Å². The molecule has 0 amide bonds. The molecular weight excluding hydrogens is 364 g/mol. The van der Waals surface area contributed by atoms with Gasteiger partial charge in [-0.15, -0.1) is 0 Å². The van der Waals surface area contributed by atoms with E-state index in [9.17, 15) is 9.59 Å². The highest BCUT2D eigenvalue weighted by molar-refractivity contribution is 5.67. The first-order chi connectivity index (χ1) is 13.8. The summed E-state index contributed by atoms with van der Waals surface area (Å²) in [5.74, 6) is 3.10. The Hall–Kier alpha value is -1.06. The molecule has 0 saturated heterocycles. The molecule has 0 heterocycles. The van der Waals surface area contributed by atoms with Gasteiger partial charge in [-0.25, -0.2) is 0 Å². The van der Waals surface area contributed by atoms with Crippen LogP contribution in [0.25, 0.3) is 0 Å². The number of esters is 2. The van der Waals surface area contributed by atoms with Gasteiger partial charge in [-0.3, -0.25) is 9.59 Å². The third kappa shape index (κ3) is 3.63. The van der Waals surface area contributed by atoms with E-state index in [4.69, 9.17) is 9.47 Å². The molecule has 0 aromatic heterocycles. The third-order valence-corrected chi connectivity index (χ3v) is 9.87. The van der Waals surface area contributed by atoms with Gasteiger partial charge in [0, 0.05) is 19.8 Å². The first-order valence-corrected chi connectivity index (χ1v) is 12.1. The molecule has 4 rings (SSSR count). The van der Waals surface area contributed by atoms with Crippen LogP contribution >= 0.6 is 0 Å². The molecule has 29 heavy (non-hydrogen) atoms. The van der Waals surface area contributed by atoms with E-state index in [2.05, 4.69) is 13.8 Å². The van der Waals surface area contributed by atoms with E-state index in [1.165, 1.54) is 71.6 Å². The molecular formula is C25H40O4. The molecule has 0 bridgehead atoms. The Morgan fingerprint density at radius 1 is 0.862 bits per heavy atom. The molecule has 4 heteroatoms. The van der Waals surface area contributed by atoms with Gasteiger partial charge < -0.3 is 9.47 Å². The zero-order valence-electron chi connectivity index (χ0n) is 18.9. The molecule has 164 valence electrons. The lowest BCUT2D eigenvalue weighted by atomic mass is 9.45. The van der Waals surface area contributed by atoms with Gasteiger partial charge >= 0.3 is 11.9 Å². The number of carbonyl (C=O) groups excluding carboxylic acids is 2. The van der Waals surface area contributed by atoms with Gasteiger partial charge in [0.25, 0.3) is 0 Å². The van der Waals surface area contributed by atoms with E-state index in [-0.39, 0.29) is 30.1 Å². The molecule has 0 N–H and O–H groups in total. The summed E-state index contributed by atoms with van der Waals surface area (Å²) < 4.78 is 11.0. The van der Waals surface area contributed by atoms with Gasteiger partial charge in [-0.2, -0.15) is 0 Å². The molecule has 4 nitrogen and oxygen atoms in total.